The number of rotatable bonds is 4. The molecule has 0 saturated heterocycles. The normalized spacial score (nSPS) is 11.8. The first-order chi connectivity index (χ1) is 18.3. The Labute approximate surface area is 220 Å². The van der Waals surface area contributed by atoms with E-state index >= 15 is 0 Å². The zero-order valence-corrected chi connectivity index (χ0v) is 21.3. The number of benzene rings is 4. The Bertz CT molecular complexity index is 1930. The summed E-state index contributed by atoms with van der Waals surface area (Å²) in [7, 11) is 2.18. The Morgan fingerprint density at radius 3 is 2.11 bits per heavy atom. The van der Waals surface area contributed by atoms with Gasteiger partial charge in [-0.15, -0.1) is 0 Å². The van der Waals surface area contributed by atoms with Gasteiger partial charge < -0.3 is 4.40 Å². The van der Waals surface area contributed by atoms with E-state index in [-0.39, 0.29) is 0 Å². The third-order valence-corrected chi connectivity index (χ3v) is 8.30. The molecule has 0 unspecified atom stereocenters. The van der Waals surface area contributed by atoms with Gasteiger partial charge in [0.25, 0.3) is 5.01 Å². The number of pyridine rings is 1. The zero-order valence-electron chi connectivity index (χ0n) is 20.5. The Morgan fingerprint density at radius 1 is 0.649 bits per heavy atom. The number of hydrogen-bond donors (Lipinski definition) is 0. The van der Waals surface area contributed by atoms with Crippen LogP contribution in [0.15, 0.2) is 121 Å². The fourth-order valence-electron chi connectivity index (χ4n) is 5.44. The molecule has 0 aliphatic heterocycles. The molecule has 0 bridgehead atoms. The van der Waals surface area contributed by atoms with Crippen LogP contribution in [0.25, 0.3) is 60.9 Å². The predicted octanol–water partition coefficient (Wildman–Crippen LogP) is 8.64. The Hall–Kier alpha value is -4.47. The summed E-state index contributed by atoms with van der Waals surface area (Å²) in [5.41, 5.74) is 8.64. The molecule has 0 radical (unpaired) electrons. The van der Waals surface area contributed by atoms with E-state index in [0.717, 1.165) is 0 Å². The van der Waals surface area contributed by atoms with Crippen LogP contribution in [0.3, 0.4) is 0 Å². The summed E-state index contributed by atoms with van der Waals surface area (Å²) in [5.74, 6) is 0. The highest BCUT2D eigenvalue weighted by Gasteiger charge is 2.21. The van der Waals surface area contributed by atoms with Gasteiger partial charge in [-0.2, -0.15) is 4.57 Å². The lowest BCUT2D eigenvalue weighted by atomic mass is 9.95. The van der Waals surface area contributed by atoms with Gasteiger partial charge in [-0.05, 0) is 46.9 Å². The molecule has 2 nitrogen and oxygen atoms in total. The average Bonchev–Trinajstić information content (AvgIpc) is 3.47. The molecule has 0 aliphatic rings. The Kier molecular flexibility index (Phi) is 5.23. The van der Waals surface area contributed by atoms with Gasteiger partial charge in [0.15, 0.2) is 0 Å². The molecule has 0 aliphatic carbocycles. The van der Waals surface area contributed by atoms with Gasteiger partial charge in [0.2, 0.25) is 5.52 Å². The van der Waals surface area contributed by atoms with Crippen LogP contribution in [-0.2, 0) is 7.05 Å². The first kappa shape index (κ1) is 21.8. The lowest BCUT2D eigenvalue weighted by molar-refractivity contribution is -0.641. The fourth-order valence-corrected chi connectivity index (χ4v) is 6.51. The SMILES string of the molecule is C[n+]1c(/C=C/c2c(-c3ccccc3)c(-c3ccccc3)c3ccccn23)sc2ccc3ccccc3c21. The maximum atomic E-state index is 2.33. The molecule has 0 N–H and O–H groups in total. The second-order valence-corrected chi connectivity index (χ2v) is 10.4. The third-order valence-electron chi connectivity index (χ3n) is 7.13. The maximum absolute atomic E-state index is 2.33. The molecular weight excluding hydrogens is 468 g/mol. The number of nitrogens with zero attached hydrogens (tertiary/aromatic N) is 2. The zero-order chi connectivity index (χ0) is 24.8. The van der Waals surface area contributed by atoms with Crippen LogP contribution < -0.4 is 4.57 Å². The third kappa shape index (κ3) is 3.59. The first-order valence-electron chi connectivity index (χ1n) is 12.5. The molecule has 3 heterocycles. The van der Waals surface area contributed by atoms with Crippen LogP contribution in [-0.4, -0.2) is 4.40 Å². The smallest absolute Gasteiger partial charge is 0.262 e. The van der Waals surface area contributed by atoms with E-state index in [9.17, 15) is 0 Å². The fraction of sp³-hybridized carbons (Fsp3) is 0.0294. The number of aromatic nitrogens is 2. The van der Waals surface area contributed by atoms with E-state index in [1.807, 2.05) is 11.3 Å². The van der Waals surface area contributed by atoms with Gasteiger partial charge in [-0.25, -0.2) is 0 Å². The van der Waals surface area contributed by atoms with Crippen molar-refractivity contribution in [1.82, 2.24) is 4.40 Å². The number of thiazole rings is 1. The minimum Gasteiger partial charge on any atom is -0.316 e. The van der Waals surface area contributed by atoms with Crippen molar-refractivity contribution in [2.24, 2.45) is 7.05 Å². The van der Waals surface area contributed by atoms with Gasteiger partial charge in [0.05, 0.1) is 16.6 Å². The molecule has 37 heavy (non-hydrogen) atoms. The van der Waals surface area contributed by atoms with Crippen LogP contribution in [0.5, 0.6) is 0 Å². The highest BCUT2D eigenvalue weighted by Crippen LogP contribution is 2.41. The van der Waals surface area contributed by atoms with E-state index in [2.05, 4.69) is 150 Å². The summed E-state index contributed by atoms with van der Waals surface area (Å²) in [5, 5.41) is 3.79. The monoisotopic (exact) mass is 493 g/mol. The topological polar surface area (TPSA) is 8.29 Å². The largest absolute Gasteiger partial charge is 0.316 e. The van der Waals surface area contributed by atoms with Crippen LogP contribution in [0.4, 0.5) is 0 Å². The molecule has 3 aromatic heterocycles. The molecule has 3 heteroatoms. The standard InChI is InChI=1S/C34H25N2S/c1-35-31(37-30-21-19-24-12-8-9-17-27(24)34(30)35)22-20-29-33(26-15-6-3-7-16-26)32(25-13-4-2-5-14-25)28-18-10-11-23-36(28)29/h2-23H,1H3/q+1. The van der Waals surface area contributed by atoms with Gasteiger partial charge in [0.1, 0.15) is 11.7 Å². The molecule has 7 rings (SSSR count). The van der Waals surface area contributed by atoms with Crippen molar-refractivity contribution in [3.8, 4) is 22.3 Å². The lowest BCUT2D eigenvalue weighted by Gasteiger charge is -2.07. The van der Waals surface area contributed by atoms with Crippen LogP contribution in [0, 0.1) is 0 Å². The van der Waals surface area contributed by atoms with Gasteiger partial charge in [0, 0.05) is 23.4 Å². The predicted molar refractivity (Wildman–Crippen MR) is 158 cm³/mol. The molecule has 0 amide bonds. The van der Waals surface area contributed by atoms with E-state index < -0.39 is 0 Å². The molecule has 4 aromatic carbocycles. The van der Waals surface area contributed by atoms with Crippen molar-refractivity contribution in [3.63, 3.8) is 0 Å². The van der Waals surface area contributed by atoms with E-state index in [1.165, 1.54) is 59.5 Å². The number of aryl methyl sites for hydroxylation is 1. The summed E-state index contributed by atoms with van der Waals surface area (Å²) in [4.78, 5) is 0. The van der Waals surface area contributed by atoms with E-state index in [4.69, 9.17) is 0 Å². The van der Waals surface area contributed by atoms with Crippen molar-refractivity contribution in [2.45, 2.75) is 0 Å². The van der Waals surface area contributed by atoms with Crippen molar-refractivity contribution < 1.29 is 4.57 Å². The highest BCUT2D eigenvalue weighted by molar-refractivity contribution is 7.19. The van der Waals surface area contributed by atoms with Gasteiger partial charge >= 0.3 is 0 Å². The summed E-state index contributed by atoms with van der Waals surface area (Å²) in [6.07, 6.45) is 6.73. The van der Waals surface area contributed by atoms with Crippen molar-refractivity contribution >= 4 is 50.0 Å². The second kappa shape index (κ2) is 8.88. The van der Waals surface area contributed by atoms with Gasteiger partial charge in [-0.1, -0.05) is 102 Å². The highest BCUT2D eigenvalue weighted by atomic mass is 32.1. The summed E-state index contributed by atoms with van der Waals surface area (Å²) < 4.78 is 5.95. The van der Waals surface area contributed by atoms with Crippen LogP contribution in [0.1, 0.15) is 10.7 Å². The quantitative estimate of drug-likeness (QED) is 0.217. The molecular formula is C34H25N2S+. The van der Waals surface area contributed by atoms with Crippen molar-refractivity contribution in [3.05, 3.63) is 132 Å². The van der Waals surface area contributed by atoms with Crippen molar-refractivity contribution in [2.75, 3.05) is 0 Å². The number of hydrogen-bond acceptors (Lipinski definition) is 1. The van der Waals surface area contributed by atoms with Crippen molar-refractivity contribution in [1.29, 1.82) is 0 Å². The molecule has 0 spiro atoms. The van der Waals surface area contributed by atoms with Crippen LogP contribution >= 0.6 is 11.3 Å². The molecule has 7 aromatic rings. The molecule has 0 atom stereocenters. The number of fused-ring (bicyclic) bond motifs is 4. The minimum atomic E-state index is 1.18. The first-order valence-corrected chi connectivity index (χ1v) is 13.3. The average molecular weight is 494 g/mol. The molecule has 176 valence electrons. The van der Waals surface area contributed by atoms with Crippen LogP contribution in [0.2, 0.25) is 0 Å². The Morgan fingerprint density at radius 2 is 1.32 bits per heavy atom. The van der Waals surface area contributed by atoms with E-state index in [1.54, 1.807) is 0 Å². The summed E-state index contributed by atoms with van der Waals surface area (Å²) >= 11 is 1.84. The maximum Gasteiger partial charge on any atom is 0.262 e. The minimum absolute atomic E-state index is 1.18. The van der Waals surface area contributed by atoms with Gasteiger partial charge in [-0.3, -0.25) is 0 Å². The Balaban J connectivity index is 1.48. The molecule has 0 saturated carbocycles. The second-order valence-electron chi connectivity index (χ2n) is 9.29. The van der Waals surface area contributed by atoms with E-state index in [0.29, 0.717) is 0 Å². The molecule has 0 fully saturated rings. The summed E-state index contributed by atoms with van der Waals surface area (Å²) in [6.45, 7) is 0. The lowest BCUT2D eigenvalue weighted by Crippen LogP contribution is -2.29. The summed E-state index contributed by atoms with van der Waals surface area (Å²) in [6, 6.07) is 41.0.